The van der Waals surface area contributed by atoms with E-state index in [0.717, 1.165) is 26.2 Å². The molecule has 1 heterocycles. The highest BCUT2D eigenvalue weighted by molar-refractivity contribution is 5.35. The highest BCUT2D eigenvalue weighted by atomic mass is 16.5. The second-order valence-electron chi connectivity index (χ2n) is 5.07. The van der Waals surface area contributed by atoms with Gasteiger partial charge >= 0.3 is 0 Å². The Hall–Kier alpha value is -0.860. The molecule has 0 fully saturated rings. The van der Waals surface area contributed by atoms with E-state index in [1.165, 1.54) is 36.0 Å². The first-order valence-electron chi connectivity index (χ1n) is 7.28. The minimum absolute atomic E-state index is 0.370. The molecule has 2 heteroatoms. The van der Waals surface area contributed by atoms with Crippen LogP contribution in [0.5, 0.6) is 0 Å². The van der Waals surface area contributed by atoms with Crippen molar-refractivity contribution in [3.63, 3.8) is 0 Å². The van der Waals surface area contributed by atoms with Crippen molar-refractivity contribution in [1.82, 2.24) is 5.32 Å². The van der Waals surface area contributed by atoms with E-state index in [2.05, 4.69) is 37.4 Å². The number of fused-ring (bicyclic) bond motifs is 1. The highest BCUT2D eigenvalue weighted by Gasteiger charge is 2.18. The van der Waals surface area contributed by atoms with E-state index >= 15 is 0 Å². The Bertz CT molecular complexity index is 375. The SMILES string of the molecule is CCCCc1ccc2c(c1)C(NCC)COCC2. The third-order valence-electron chi connectivity index (χ3n) is 3.66. The van der Waals surface area contributed by atoms with Crippen molar-refractivity contribution < 1.29 is 4.74 Å². The van der Waals surface area contributed by atoms with Gasteiger partial charge in [0.05, 0.1) is 19.3 Å². The maximum Gasteiger partial charge on any atom is 0.0661 e. The van der Waals surface area contributed by atoms with Gasteiger partial charge in [-0.05, 0) is 42.5 Å². The molecule has 0 radical (unpaired) electrons. The number of benzene rings is 1. The number of ether oxygens (including phenoxy) is 1. The zero-order chi connectivity index (χ0) is 12.8. The Morgan fingerprint density at radius 3 is 3.00 bits per heavy atom. The molecule has 1 aromatic rings. The molecule has 100 valence electrons. The maximum absolute atomic E-state index is 5.70. The van der Waals surface area contributed by atoms with Gasteiger partial charge in [-0.25, -0.2) is 0 Å². The first-order chi connectivity index (χ1) is 8.85. The van der Waals surface area contributed by atoms with Crippen molar-refractivity contribution in [2.75, 3.05) is 19.8 Å². The highest BCUT2D eigenvalue weighted by Crippen LogP contribution is 2.24. The van der Waals surface area contributed by atoms with Crippen LogP contribution in [0, 0.1) is 0 Å². The van der Waals surface area contributed by atoms with Gasteiger partial charge in [0.1, 0.15) is 0 Å². The quantitative estimate of drug-likeness (QED) is 0.862. The standard InChI is InChI=1S/C16H25NO/c1-3-5-6-13-7-8-14-9-10-18-12-16(17-4-2)15(14)11-13/h7-8,11,16-17H,3-6,9-10,12H2,1-2H3. The summed E-state index contributed by atoms with van der Waals surface area (Å²) in [5, 5.41) is 3.54. The molecule has 0 saturated heterocycles. The second kappa shape index (κ2) is 6.91. The van der Waals surface area contributed by atoms with Gasteiger partial charge in [0.2, 0.25) is 0 Å². The van der Waals surface area contributed by atoms with Crippen molar-refractivity contribution in [2.24, 2.45) is 0 Å². The molecule has 1 unspecified atom stereocenters. The van der Waals surface area contributed by atoms with E-state index in [1.807, 2.05) is 0 Å². The lowest BCUT2D eigenvalue weighted by Crippen LogP contribution is -2.25. The molecule has 1 N–H and O–H groups in total. The number of unbranched alkanes of at least 4 members (excludes halogenated alkanes) is 1. The third-order valence-corrected chi connectivity index (χ3v) is 3.66. The van der Waals surface area contributed by atoms with E-state index in [9.17, 15) is 0 Å². The van der Waals surface area contributed by atoms with Crippen molar-refractivity contribution in [2.45, 2.75) is 45.6 Å². The van der Waals surface area contributed by atoms with Gasteiger partial charge in [-0.3, -0.25) is 0 Å². The number of hydrogen-bond donors (Lipinski definition) is 1. The monoisotopic (exact) mass is 247 g/mol. The molecule has 18 heavy (non-hydrogen) atoms. The van der Waals surface area contributed by atoms with Crippen LogP contribution in [0.3, 0.4) is 0 Å². The van der Waals surface area contributed by atoms with Crippen LogP contribution in [-0.4, -0.2) is 19.8 Å². The van der Waals surface area contributed by atoms with E-state index in [4.69, 9.17) is 4.74 Å². The summed E-state index contributed by atoms with van der Waals surface area (Å²) < 4.78 is 5.70. The Kier molecular flexibility index (Phi) is 5.21. The average Bonchev–Trinajstić information content (AvgIpc) is 2.59. The zero-order valence-corrected chi connectivity index (χ0v) is 11.7. The number of nitrogens with one attached hydrogen (secondary N) is 1. The van der Waals surface area contributed by atoms with Gasteiger partial charge in [-0.15, -0.1) is 0 Å². The molecule has 1 aromatic carbocycles. The number of aryl methyl sites for hydroxylation is 1. The fraction of sp³-hybridized carbons (Fsp3) is 0.625. The maximum atomic E-state index is 5.70. The summed E-state index contributed by atoms with van der Waals surface area (Å²) in [5.74, 6) is 0. The molecule has 0 bridgehead atoms. The predicted octanol–water partition coefficient (Wildman–Crippen LogP) is 3.25. The molecule has 1 atom stereocenters. The van der Waals surface area contributed by atoms with E-state index in [-0.39, 0.29) is 0 Å². The van der Waals surface area contributed by atoms with Crippen LogP contribution in [0.1, 0.15) is 49.4 Å². The van der Waals surface area contributed by atoms with Crippen LogP contribution in [0.15, 0.2) is 18.2 Å². The lowest BCUT2D eigenvalue weighted by Gasteiger charge is -2.19. The zero-order valence-electron chi connectivity index (χ0n) is 11.7. The van der Waals surface area contributed by atoms with Gasteiger partial charge in [0.25, 0.3) is 0 Å². The smallest absolute Gasteiger partial charge is 0.0661 e. The summed E-state index contributed by atoms with van der Waals surface area (Å²) in [4.78, 5) is 0. The fourth-order valence-electron chi connectivity index (χ4n) is 2.62. The summed E-state index contributed by atoms with van der Waals surface area (Å²) >= 11 is 0. The Morgan fingerprint density at radius 1 is 1.33 bits per heavy atom. The lowest BCUT2D eigenvalue weighted by atomic mass is 9.95. The van der Waals surface area contributed by atoms with Crippen molar-refractivity contribution in [1.29, 1.82) is 0 Å². The largest absolute Gasteiger partial charge is 0.379 e. The summed E-state index contributed by atoms with van der Waals surface area (Å²) in [6, 6.07) is 7.36. The molecule has 0 saturated carbocycles. The van der Waals surface area contributed by atoms with Gasteiger partial charge in [-0.1, -0.05) is 38.5 Å². The molecule has 0 aliphatic carbocycles. The molecule has 1 aliphatic heterocycles. The molecular formula is C16H25NO. The summed E-state index contributed by atoms with van der Waals surface area (Å²) in [6.45, 7) is 7.05. The average molecular weight is 247 g/mol. The van der Waals surface area contributed by atoms with E-state index in [0.29, 0.717) is 6.04 Å². The van der Waals surface area contributed by atoms with Gasteiger partial charge < -0.3 is 10.1 Å². The number of likely N-dealkylation sites (N-methyl/N-ethyl adjacent to an activating group) is 1. The molecule has 2 nitrogen and oxygen atoms in total. The summed E-state index contributed by atoms with van der Waals surface area (Å²) in [5.41, 5.74) is 4.39. The normalized spacial score (nSPS) is 19.3. The Balaban J connectivity index is 2.21. The summed E-state index contributed by atoms with van der Waals surface area (Å²) in [7, 11) is 0. The van der Waals surface area contributed by atoms with Crippen LogP contribution in [0.2, 0.25) is 0 Å². The third kappa shape index (κ3) is 3.33. The molecule has 0 spiro atoms. The van der Waals surface area contributed by atoms with Crippen LogP contribution in [0.25, 0.3) is 0 Å². The van der Waals surface area contributed by atoms with E-state index in [1.54, 1.807) is 0 Å². The van der Waals surface area contributed by atoms with Gasteiger partial charge in [-0.2, -0.15) is 0 Å². The molecular weight excluding hydrogens is 222 g/mol. The molecule has 1 aliphatic rings. The molecule has 0 aromatic heterocycles. The summed E-state index contributed by atoms with van der Waals surface area (Å²) in [6.07, 6.45) is 4.78. The minimum Gasteiger partial charge on any atom is -0.379 e. The van der Waals surface area contributed by atoms with Crippen LogP contribution in [-0.2, 0) is 17.6 Å². The Labute approximate surface area is 111 Å². The topological polar surface area (TPSA) is 21.3 Å². The van der Waals surface area contributed by atoms with E-state index < -0.39 is 0 Å². The first-order valence-corrected chi connectivity index (χ1v) is 7.28. The van der Waals surface area contributed by atoms with Crippen molar-refractivity contribution in [3.8, 4) is 0 Å². The second-order valence-corrected chi connectivity index (χ2v) is 5.07. The lowest BCUT2D eigenvalue weighted by molar-refractivity contribution is 0.122. The molecule has 2 rings (SSSR count). The van der Waals surface area contributed by atoms with Gasteiger partial charge in [0.15, 0.2) is 0 Å². The van der Waals surface area contributed by atoms with Gasteiger partial charge in [0, 0.05) is 0 Å². The minimum atomic E-state index is 0.370. The predicted molar refractivity (Wildman–Crippen MR) is 76.0 cm³/mol. The number of rotatable bonds is 5. The Morgan fingerprint density at radius 2 is 2.22 bits per heavy atom. The van der Waals surface area contributed by atoms with Crippen LogP contribution < -0.4 is 5.32 Å². The van der Waals surface area contributed by atoms with Crippen molar-refractivity contribution in [3.05, 3.63) is 34.9 Å². The molecule has 0 amide bonds. The first kappa shape index (κ1) is 13.6. The van der Waals surface area contributed by atoms with Crippen molar-refractivity contribution >= 4 is 0 Å². The van der Waals surface area contributed by atoms with Crippen LogP contribution >= 0.6 is 0 Å². The van der Waals surface area contributed by atoms with Crippen LogP contribution in [0.4, 0.5) is 0 Å². The number of hydrogen-bond acceptors (Lipinski definition) is 2. The fourth-order valence-corrected chi connectivity index (χ4v) is 2.62.